The van der Waals surface area contributed by atoms with Gasteiger partial charge in [0.25, 0.3) is 0 Å². The van der Waals surface area contributed by atoms with E-state index in [4.69, 9.17) is 5.21 Å². The van der Waals surface area contributed by atoms with Crippen molar-refractivity contribution < 1.29 is 5.21 Å². The molecule has 1 N–H and O–H groups in total. The lowest BCUT2D eigenvalue weighted by molar-refractivity contribution is 0.315. The summed E-state index contributed by atoms with van der Waals surface area (Å²) in [5.41, 5.74) is 2.20. The van der Waals surface area contributed by atoms with Crippen molar-refractivity contribution in [3.8, 4) is 0 Å². The van der Waals surface area contributed by atoms with Gasteiger partial charge in [0.15, 0.2) is 0 Å². The molecule has 1 aromatic rings. The van der Waals surface area contributed by atoms with Gasteiger partial charge in [0.1, 0.15) is 0 Å². The number of rotatable bonds is 3. The molecule has 0 amide bonds. The molecule has 0 radical (unpaired) electrons. The number of hydrogen-bond donors (Lipinski definition) is 1. The van der Waals surface area contributed by atoms with E-state index in [1.54, 1.807) is 0 Å². The Balaban J connectivity index is 1.90. The van der Waals surface area contributed by atoms with E-state index < -0.39 is 0 Å². The molecule has 16 heavy (non-hydrogen) atoms. The van der Waals surface area contributed by atoms with Gasteiger partial charge in [-0.2, -0.15) is 0 Å². The molecule has 84 valence electrons. The third kappa shape index (κ3) is 2.72. The van der Waals surface area contributed by atoms with Crippen LogP contribution in [-0.2, 0) is 0 Å². The Kier molecular flexibility index (Phi) is 3.76. The van der Waals surface area contributed by atoms with E-state index in [0.29, 0.717) is 5.92 Å². The van der Waals surface area contributed by atoms with Crippen LogP contribution >= 0.6 is 0 Å². The molecule has 2 heteroatoms. The van der Waals surface area contributed by atoms with Crippen LogP contribution in [0.3, 0.4) is 0 Å². The quantitative estimate of drug-likeness (QED) is 0.605. The molecule has 0 saturated heterocycles. The number of allylic oxidation sites excluding steroid dienone is 1. The van der Waals surface area contributed by atoms with Gasteiger partial charge in [0.2, 0.25) is 0 Å². The summed E-state index contributed by atoms with van der Waals surface area (Å²) < 4.78 is 0. The van der Waals surface area contributed by atoms with Gasteiger partial charge >= 0.3 is 0 Å². The number of hydrogen-bond acceptors (Lipinski definition) is 2. The van der Waals surface area contributed by atoms with Crippen LogP contribution in [0, 0.1) is 5.92 Å². The molecule has 1 aromatic carbocycles. The molecule has 0 aliphatic heterocycles. The van der Waals surface area contributed by atoms with E-state index in [9.17, 15) is 0 Å². The number of nitrogens with zero attached hydrogens (tertiary/aromatic N) is 1. The maximum absolute atomic E-state index is 8.82. The molecule has 0 bridgehead atoms. The second kappa shape index (κ2) is 5.50. The Hall–Kier alpha value is -1.57. The van der Waals surface area contributed by atoms with Crippen LogP contribution in [0.15, 0.2) is 41.6 Å². The van der Waals surface area contributed by atoms with Crippen LogP contribution < -0.4 is 0 Å². The van der Waals surface area contributed by atoms with Crippen molar-refractivity contribution in [2.45, 2.75) is 25.7 Å². The van der Waals surface area contributed by atoms with Gasteiger partial charge in [0, 0.05) is 5.92 Å². The van der Waals surface area contributed by atoms with E-state index >= 15 is 0 Å². The van der Waals surface area contributed by atoms with E-state index in [2.05, 4.69) is 29.4 Å². The van der Waals surface area contributed by atoms with Gasteiger partial charge < -0.3 is 5.21 Å². The predicted molar refractivity (Wildman–Crippen MR) is 66.7 cm³/mol. The van der Waals surface area contributed by atoms with Crippen LogP contribution in [0.2, 0.25) is 0 Å². The summed E-state index contributed by atoms with van der Waals surface area (Å²) in [5, 5.41) is 12.2. The molecule has 1 unspecified atom stereocenters. The summed E-state index contributed by atoms with van der Waals surface area (Å²) in [6.45, 7) is 0. The topological polar surface area (TPSA) is 32.6 Å². The smallest absolute Gasteiger partial charge is 0.0604 e. The van der Waals surface area contributed by atoms with Crippen molar-refractivity contribution in [2.24, 2.45) is 11.1 Å². The summed E-state index contributed by atoms with van der Waals surface area (Å²) >= 11 is 0. The Labute approximate surface area is 96.3 Å². The number of benzene rings is 1. The minimum Gasteiger partial charge on any atom is -0.411 e. The van der Waals surface area contributed by atoms with Crippen LogP contribution in [0.1, 0.15) is 31.2 Å². The van der Waals surface area contributed by atoms with E-state index in [1.165, 1.54) is 5.56 Å². The molecule has 0 aromatic heterocycles. The summed E-state index contributed by atoms with van der Waals surface area (Å²) in [5.74, 6) is 0.449. The van der Waals surface area contributed by atoms with Gasteiger partial charge in [-0.15, -0.1) is 0 Å². The Bertz CT molecular complexity index is 381. The molecule has 1 saturated carbocycles. The van der Waals surface area contributed by atoms with Gasteiger partial charge in [0.05, 0.1) is 5.71 Å². The summed E-state index contributed by atoms with van der Waals surface area (Å²) in [7, 11) is 0. The van der Waals surface area contributed by atoms with Crippen molar-refractivity contribution >= 4 is 11.8 Å². The molecule has 0 heterocycles. The van der Waals surface area contributed by atoms with Crippen molar-refractivity contribution in [2.75, 3.05) is 0 Å². The maximum Gasteiger partial charge on any atom is 0.0604 e. The van der Waals surface area contributed by atoms with E-state index in [1.807, 2.05) is 18.2 Å². The highest BCUT2D eigenvalue weighted by atomic mass is 16.4. The van der Waals surface area contributed by atoms with Crippen molar-refractivity contribution in [1.82, 2.24) is 0 Å². The fourth-order valence-corrected chi connectivity index (χ4v) is 2.22. The summed E-state index contributed by atoms with van der Waals surface area (Å²) in [6, 6.07) is 10.3. The average molecular weight is 215 g/mol. The first-order chi connectivity index (χ1) is 7.90. The van der Waals surface area contributed by atoms with Crippen molar-refractivity contribution in [1.29, 1.82) is 0 Å². The van der Waals surface area contributed by atoms with Crippen LogP contribution in [-0.4, -0.2) is 10.9 Å². The predicted octanol–water partition coefficient (Wildman–Crippen LogP) is 3.72. The zero-order valence-corrected chi connectivity index (χ0v) is 9.34. The first-order valence-electron chi connectivity index (χ1n) is 5.82. The highest BCUT2D eigenvalue weighted by Crippen LogP contribution is 2.26. The van der Waals surface area contributed by atoms with Crippen molar-refractivity contribution in [3.05, 3.63) is 42.0 Å². The van der Waals surface area contributed by atoms with Crippen LogP contribution in [0.4, 0.5) is 0 Å². The van der Waals surface area contributed by atoms with Crippen LogP contribution in [0.5, 0.6) is 0 Å². The lowest BCUT2D eigenvalue weighted by Crippen LogP contribution is -2.05. The third-order valence-electron chi connectivity index (χ3n) is 3.12. The highest BCUT2D eigenvalue weighted by Gasteiger charge is 2.21. The minimum atomic E-state index is 0.449. The lowest BCUT2D eigenvalue weighted by Gasteiger charge is -2.05. The van der Waals surface area contributed by atoms with E-state index in [0.717, 1.165) is 31.4 Å². The summed E-state index contributed by atoms with van der Waals surface area (Å²) in [6.07, 6.45) is 8.56. The van der Waals surface area contributed by atoms with Gasteiger partial charge in [-0.25, -0.2) is 0 Å². The molecule has 1 fully saturated rings. The first kappa shape index (κ1) is 10.9. The van der Waals surface area contributed by atoms with Gasteiger partial charge in [-0.05, 0) is 31.2 Å². The molecule has 2 rings (SSSR count). The van der Waals surface area contributed by atoms with E-state index in [-0.39, 0.29) is 0 Å². The fourth-order valence-electron chi connectivity index (χ4n) is 2.22. The minimum absolute atomic E-state index is 0.449. The van der Waals surface area contributed by atoms with Crippen molar-refractivity contribution in [3.63, 3.8) is 0 Å². The standard InChI is InChI=1S/C14H17NO/c16-15-14-11-5-10-13(14)9-4-8-12-6-2-1-3-7-12/h1-4,6-8,13,16H,5,9-11H2/b8-4+,15-14-. The van der Waals surface area contributed by atoms with Gasteiger partial charge in [-0.1, -0.05) is 47.6 Å². The largest absolute Gasteiger partial charge is 0.411 e. The lowest BCUT2D eigenvalue weighted by atomic mass is 10.0. The SMILES string of the molecule is O/N=C1/CCCC1C/C=C/c1ccccc1. The summed E-state index contributed by atoms with van der Waals surface area (Å²) in [4.78, 5) is 0. The zero-order chi connectivity index (χ0) is 11.2. The fraction of sp³-hybridized carbons (Fsp3) is 0.357. The molecule has 1 atom stereocenters. The Morgan fingerprint density at radius 2 is 2.12 bits per heavy atom. The zero-order valence-electron chi connectivity index (χ0n) is 9.34. The monoisotopic (exact) mass is 215 g/mol. The third-order valence-corrected chi connectivity index (χ3v) is 3.12. The normalized spacial score (nSPS) is 23.2. The first-order valence-corrected chi connectivity index (χ1v) is 5.82. The number of oxime groups is 1. The second-order valence-electron chi connectivity index (χ2n) is 4.23. The highest BCUT2D eigenvalue weighted by molar-refractivity contribution is 5.88. The van der Waals surface area contributed by atoms with Gasteiger partial charge in [-0.3, -0.25) is 0 Å². The molecule has 1 aliphatic carbocycles. The average Bonchev–Trinajstić information content (AvgIpc) is 2.78. The second-order valence-corrected chi connectivity index (χ2v) is 4.23. The molecular weight excluding hydrogens is 198 g/mol. The van der Waals surface area contributed by atoms with Crippen LogP contribution in [0.25, 0.3) is 6.08 Å². The Morgan fingerprint density at radius 1 is 1.31 bits per heavy atom. The molecular formula is C14H17NO. The maximum atomic E-state index is 8.82. The molecule has 2 nitrogen and oxygen atoms in total. The Morgan fingerprint density at radius 3 is 2.88 bits per heavy atom. The molecule has 1 aliphatic rings. The molecule has 0 spiro atoms.